The maximum absolute atomic E-state index is 13.4. The number of aliphatic carboxylic acids is 1. The molecule has 0 fully saturated rings. The third-order valence-corrected chi connectivity index (χ3v) is 4.47. The van der Waals surface area contributed by atoms with E-state index in [4.69, 9.17) is 5.11 Å². The van der Waals surface area contributed by atoms with Gasteiger partial charge in [0, 0.05) is 6.20 Å². The summed E-state index contributed by atoms with van der Waals surface area (Å²) in [6.45, 7) is 5.35. The molecule has 8 nitrogen and oxygen atoms in total. The van der Waals surface area contributed by atoms with Crippen LogP contribution in [-0.2, 0) is 11.3 Å². The summed E-state index contributed by atoms with van der Waals surface area (Å²) < 4.78 is 16.2. The number of aromatic nitrogens is 4. The zero-order valence-electron chi connectivity index (χ0n) is 15.7. The highest BCUT2D eigenvalue weighted by molar-refractivity contribution is 6.04. The molecule has 1 amide bonds. The van der Waals surface area contributed by atoms with E-state index in [2.05, 4.69) is 15.5 Å². The van der Waals surface area contributed by atoms with E-state index in [1.54, 1.807) is 30.7 Å². The second-order valence-electron chi connectivity index (χ2n) is 6.46. The van der Waals surface area contributed by atoms with Gasteiger partial charge in [0.2, 0.25) is 0 Å². The molecule has 146 valence electrons. The Hall–Kier alpha value is -3.49. The Morgan fingerprint density at radius 2 is 2.04 bits per heavy atom. The van der Waals surface area contributed by atoms with Crippen molar-refractivity contribution in [3.05, 3.63) is 65.0 Å². The highest BCUT2D eigenvalue weighted by Gasteiger charge is 2.23. The van der Waals surface area contributed by atoms with Crippen LogP contribution >= 0.6 is 0 Å². The number of carbonyl (C=O) groups excluding carboxylic acids is 1. The van der Waals surface area contributed by atoms with Crippen molar-refractivity contribution in [2.75, 3.05) is 5.32 Å². The molecule has 2 heterocycles. The van der Waals surface area contributed by atoms with E-state index in [-0.39, 0.29) is 11.5 Å². The number of nitrogens with zero attached hydrogens (tertiary/aromatic N) is 4. The van der Waals surface area contributed by atoms with Crippen molar-refractivity contribution in [2.45, 2.75) is 33.4 Å². The fourth-order valence-corrected chi connectivity index (χ4v) is 2.92. The van der Waals surface area contributed by atoms with Gasteiger partial charge in [-0.25, -0.2) is 13.9 Å². The molecule has 1 unspecified atom stereocenters. The monoisotopic (exact) mass is 385 g/mol. The van der Waals surface area contributed by atoms with Crippen molar-refractivity contribution in [2.24, 2.45) is 0 Å². The molecule has 1 atom stereocenters. The maximum Gasteiger partial charge on any atom is 0.328 e. The van der Waals surface area contributed by atoms with Crippen LogP contribution in [0, 0.1) is 19.7 Å². The predicted molar refractivity (Wildman–Crippen MR) is 99.7 cm³/mol. The number of amides is 1. The van der Waals surface area contributed by atoms with E-state index in [0.717, 1.165) is 10.2 Å². The Labute approximate surface area is 160 Å². The molecule has 0 saturated carbocycles. The summed E-state index contributed by atoms with van der Waals surface area (Å²) in [7, 11) is 0. The fourth-order valence-electron chi connectivity index (χ4n) is 2.92. The first-order chi connectivity index (χ1) is 13.3. The minimum absolute atomic E-state index is 0.131. The first-order valence-electron chi connectivity index (χ1n) is 8.64. The molecule has 0 saturated heterocycles. The van der Waals surface area contributed by atoms with Gasteiger partial charge in [0.05, 0.1) is 23.6 Å². The number of anilines is 1. The standard InChI is InChI=1S/C19H20FN5O3/c1-11-17(12(2)24(23-11)10-14-5-4-6-15(20)9-14)22-18(26)16-7-8-21-25(16)13(3)19(27)28/h4-9,13H,10H2,1-3H3,(H,22,26)(H,27,28). The SMILES string of the molecule is Cc1nn(Cc2cccc(F)c2)c(C)c1NC(=O)c1ccnn1C(C)C(=O)O. The number of carbonyl (C=O) groups is 2. The lowest BCUT2D eigenvalue weighted by Gasteiger charge is -2.12. The Bertz CT molecular complexity index is 1040. The van der Waals surface area contributed by atoms with E-state index in [1.165, 1.54) is 31.3 Å². The minimum Gasteiger partial charge on any atom is -0.480 e. The lowest BCUT2D eigenvalue weighted by Crippen LogP contribution is -2.24. The lowest BCUT2D eigenvalue weighted by molar-refractivity contribution is -0.140. The van der Waals surface area contributed by atoms with Crippen LogP contribution in [0.15, 0.2) is 36.5 Å². The van der Waals surface area contributed by atoms with Gasteiger partial charge in [0.25, 0.3) is 5.91 Å². The Kier molecular flexibility index (Phi) is 5.25. The zero-order valence-corrected chi connectivity index (χ0v) is 15.7. The first-order valence-corrected chi connectivity index (χ1v) is 8.64. The molecule has 2 aromatic heterocycles. The number of hydrogen-bond acceptors (Lipinski definition) is 4. The van der Waals surface area contributed by atoms with Gasteiger partial charge in [-0.15, -0.1) is 0 Å². The van der Waals surface area contributed by atoms with Crippen LogP contribution in [0.25, 0.3) is 0 Å². The van der Waals surface area contributed by atoms with E-state index >= 15 is 0 Å². The second kappa shape index (κ2) is 7.63. The van der Waals surface area contributed by atoms with Crippen LogP contribution in [0.1, 0.15) is 40.4 Å². The van der Waals surface area contributed by atoms with Gasteiger partial charge in [0.1, 0.15) is 17.6 Å². The van der Waals surface area contributed by atoms with Gasteiger partial charge in [-0.1, -0.05) is 12.1 Å². The number of carboxylic acid groups (broad SMARTS) is 1. The predicted octanol–water partition coefficient (Wildman–Crippen LogP) is 2.78. The Balaban J connectivity index is 1.84. The number of rotatable bonds is 6. The van der Waals surface area contributed by atoms with Crippen LogP contribution in [0.2, 0.25) is 0 Å². The largest absolute Gasteiger partial charge is 0.480 e. The molecule has 3 rings (SSSR count). The molecule has 9 heteroatoms. The van der Waals surface area contributed by atoms with Crippen LogP contribution in [-0.4, -0.2) is 36.5 Å². The van der Waals surface area contributed by atoms with E-state index < -0.39 is 17.9 Å². The number of aryl methyl sites for hydroxylation is 1. The van der Waals surface area contributed by atoms with Crippen molar-refractivity contribution in [3.8, 4) is 0 Å². The Morgan fingerprint density at radius 3 is 2.71 bits per heavy atom. The number of hydrogen-bond donors (Lipinski definition) is 2. The fraction of sp³-hybridized carbons (Fsp3) is 0.263. The molecule has 0 aliphatic heterocycles. The smallest absolute Gasteiger partial charge is 0.328 e. The molecule has 0 spiro atoms. The average molecular weight is 385 g/mol. The topological polar surface area (TPSA) is 102 Å². The van der Waals surface area contributed by atoms with Gasteiger partial charge in [-0.05, 0) is 44.5 Å². The molecule has 3 aromatic rings. The molecule has 0 aliphatic carbocycles. The summed E-state index contributed by atoms with van der Waals surface area (Å²) in [5, 5.41) is 20.3. The van der Waals surface area contributed by atoms with Gasteiger partial charge in [-0.3, -0.25) is 9.48 Å². The molecular weight excluding hydrogens is 365 g/mol. The van der Waals surface area contributed by atoms with E-state index in [9.17, 15) is 14.0 Å². The molecule has 28 heavy (non-hydrogen) atoms. The number of nitrogens with one attached hydrogen (secondary N) is 1. The molecule has 0 radical (unpaired) electrons. The van der Waals surface area contributed by atoms with Crippen LogP contribution in [0.4, 0.5) is 10.1 Å². The van der Waals surface area contributed by atoms with E-state index in [0.29, 0.717) is 23.6 Å². The maximum atomic E-state index is 13.4. The average Bonchev–Trinajstić information content (AvgIpc) is 3.22. The number of carboxylic acids is 1. The highest BCUT2D eigenvalue weighted by Crippen LogP contribution is 2.22. The third-order valence-electron chi connectivity index (χ3n) is 4.47. The number of benzene rings is 1. The molecule has 2 N–H and O–H groups in total. The summed E-state index contributed by atoms with van der Waals surface area (Å²) in [5.41, 5.74) is 2.70. The molecule has 0 aliphatic rings. The van der Waals surface area contributed by atoms with Crippen molar-refractivity contribution < 1.29 is 19.1 Å². The highest BCUT2D eigenvalue weighted by atomic mass is 19.1. The summed E-state index contributed by atoms with van der Waals surface area (Å²) in [6.07, 6.45) is 1.38. The lowest BCUT2D eigenvalue weighted by atomic mass is 10.2. The Morgan fingerprint density at radius 1 is 1.29 bits per heavy atom. The molecule has 1 aromatic carbocycles. The number of halogens is 1. The van der Waals surface area contributed by atoms with Gasteiger partial charge < -0.3 is 10.4 Å². The van der Waals surface area contributed by atoms with Gasteiger partial charge >= 0.3 is 5.97 Å². The first kappa shape index (κ1) is 19.3. The summed E-state index contributed by atoms with van der Waals surface area (Å²) in [6, 6.07) is 6.70. The normalized spacial score (nSPS) is 12.0. The molecule has 0 bridgehead atoms. The quantitative estimate of drug-likeness (QED) is 0.679. The van der Waals surface area contributed by atoms with Crippen molar-refractivity contribution in [3.63, 3.8) is 0 Å². The van der Waals surface area contributed by atoms with Crippen LogP contribution in [0.3, 0.4) is 0 Å². The second-order valence-corrected chi connectivity index (χ2v) is 6.46. The molecular formula is C19H20FN5O3. The van der Waals surface area contributed by atoms with Crippen molar-refractivity contribution in [1.82, 2.24) is 19.6 Å². The van der Waals surface area contributed by atoms with Crippen LogP contribution < -0.4 is 5.32 Å². The zero-order chi connectivity index (χ0) is 20.4. The van der Waals surface area contributed by atoms with Gasteiger partial charge in [0.15, 0.2) is 0 Å². The van der Waals surface area contributed by atoms with E-state index in [1.807, 2.05) is 0 Å². The summed E-state index contributed by atoms with van der Waals surface area (Å²) in [4.78, 5) is 23.9. The summed E-state index contributed by atoms with van der Waals surface area (Å²) >= 11 is 0. The van der Waals surface area contributed by atoms with Crippen molar-refractivity contribution in [1.29, 1.82) is 0 Å². The minimum atomic E-state index is -1.09. The third kappa shape index (κ3) is 3.78. The summed E-state index contributed by atoms with van der Waals surface area (Å²) in [5.74, 6) is -1.90. The van der Waals surface area contributed by atoms with Crippen molar-refractivity contribution >= 4 is 17.6 Å². The van der Waals surface area contributed by atoms with Gasteiger partial charge in [-0.2, -0.15) is 10.2 Å². The van der Waals surface area contributed by atoms with Crippen LogP contribution in [0.5, 0.6) is 0 Å².